The molecule has 0 aromatic heterocycles. The number of urea groups is 1. The molecule has 0 bridgehead atoms. The van der Waals surface area contributed by atoms with Gasteiger partial charge in [-0.2, -0.15) is 0 Å². The van der Waals surface area contributed by atoms with Crippen LogP contribution in [0.3, 0.4) is 0 Å². The lowest BCUT2D eigenvalue weighted by Gasteiger charge is -2.27. The molecule has 0 saturated carbocycles. The third-order valence-electron chi connectivity index (χ3n) is 5.78. The molecular weight excluding hydrogens is 514 g/mol. The molecule has 1 aliphatic heterocycles. The average molecular weight is 552 g/mol. The Morgan fingerprint density at radius 3 is 2.68 bits per heavy atom. The first kappa shape index (κ1) is 30.9. The average Bonchev–Trinajstić information content (AvgIpc) is 3.32. The van der Waals surface area contributed by atoms with Gasteiger partial charge < -0.3 is 30.3 Å². The summed E-state index contributed by atoms with van der Waals surface area (Å²) in [6.45, 7) is 6.81. The molecule has 2 atom stereocenters. The van der Waals surface area contributed by atoms with Crippen LogP contribution in [-0.4, -0.2) is 67.0 Å². The summed E-state index contributed by atoms with van der Waals surface area (Å²) in [4.78, 5) is 41.5. The van der Waals surface area contributed by atoms with Crippen LogP contribution in [0.2, 0.25) is 5.02 Å². The van der Waals surface area contributed by atoms with Gasteiger partial charge in [0, 0.05) is 53.8 Å². The maximum absolute atomic E-state index is 12.7. The number of rotatable bonds is 12. The molecule has 4 amide bonds. The molecule has 0 unspecified atom stereocenters. The third-order valence-corrected chi connectivity index (χ3v) is 6.15. The number of nitrogens with one attached hydrogen (secondary N) is 3. The molecule has 1 saturated heterocycles. The van der Waals surface area contributed by atoms with Gasteiger partial charge in [-0.25, -0.2) is 14.4 Å². The van der Waals surface area contributed by atoms with Crippen molar-refractivity contribution in [2.45, 2.75) is 77.2 Å². The van der Waals surface area contributed by atoms with Gasteiger partial charge in [-0.3, -0.25) is 0 Å². The van der Waals surface area contributed by atoms with Crippen LogP contribution in [-0.2, 0) is 16.1 Å². The fourth-order valence-electron chi connectivity index (χ4n) is 3.95. The second-order valence-corrected chi connectivity index (χ2v) is 10.4. The lowest BCUT2D eigenvalue weighted by molar-refractivity contribution is 0.0500. The third kappa shape index (κ3) is 11.8. The minimum atomic E-state index is -0.657. The van der Waals surface area contributed by atoms with Crippen molar-refractivity contribution in [1.29, 1.82) is 0 Å². The fourth-order valence-corrected chi connectivity index (χ4v) is 4.14. The molecule has 1 aromatic carbocycles. The SMILES string of the molecule is CC(C)(C)OC(=O)N[C@@H](CCCCNC(=O)OCc1ccccc1Cl)CNC(=O)N1CCC[C@H]1CN=[N+]=[N-]. The standard InChI is InChI=1S/C25H38ClN7O5/c1-25(2,3)38-24(36)31-19(15-29-22(34)33-14-8-11-20(33)16-30-32-27)10-6-7-13-28-23(35)37-17-18-9-4-5-12-21(18)26/h4-5,9,12,19-20H,6-8,10-11,13-17H2,1-3H3,(H,28,35)(H,29,34)(H,31,36)/t19-,20-/m0/s1. The molecular formula is C25H38ClN7O5. The highest BCUT2D eigenvalue weighted by molar-refractivity contribution is 6.31. The van der Waals surface area contributed by atoms with Crippen LogP contribution in [0.4, 0.5) is 14.4 Å². The number of nitrogens with zero attached hydrogens (tertiary/aromatic N) is 4. The summed E-state index contributed by atoms with van der Waals surface area (Å²) in [6.07, 6.45) is 2.37. The molecule has 0 radical (unpaired) electrons. The van der Waals surface area contributed by atoms with Crippen LogP contribution in [0.25, 0.3) is 10.4 Å². The Balaban J connectivity index is 1.78. The molecule has 13 heteroatoms. The van der Waals surface area contributed by atoms with E-state index in [1.54, 1.807) is 43.9 Å². The summed E-state index contributed by atoms with van der Waals surface area (Å²) in [5, 5.41) is 12.5. The number of halogens is 1. The largest absolute Gasteiger partial charge is 0.445 e. The van der Waals surface area contributed by atoms with Crippen molar-refractivity contribution in [3.8, 4) is 0 Å². The lowest BCUT2D eigenvalue weighted by atomic mass is 10.1. The minimum Gasteiger partial charge on any atom is -0.445 e. The summed E-state index contributed by atoms with van der Waals surface area (Å²) >= 11 is 6.07. The molecule has 0 aliphatic carbocycles. The molecule has 1 heterocycles. The summed E-state index contributed by atoms with van der Waals surface area (Å²) in [5.74, 6) is 0. The van der Waals surface area contributed by atoms with Crippen LogP contribution in [0.1, 0.15) is 58.4 Å². The summed E-state index contributed by atoms with van der Waals surface area (Å²) in [5.41, 5.74) is 8.65. The maximum atomic E-state index is 12.7. The number of likely N-dealkylation sites (tertiary alicyclic amines) is 1. The van der Waals surface area contributed by atoms with Gasteiger partial charge in [0.15, 0.2) is 0 Å². The summed E-state index contributed by atoms with van der Waals surface area (Å²) < 4.78 is 10.6. The topological polar surface area (TPSA) is 158 Å². The first-order valence-electron chi connectivity index (χ1n) is 12.8. The smallest absolute Gasteiger partial charge is 0.407 e. The highest BCUT2D eigenvalue weighted by atomic mass is 35.5. The Kier molecular flexibility index (Phi) is 12.8. The Morgan fingerprint density at radius 2 is 1.97 bits per heavy atom. The van der Waals surface area contributed by atoms with Crippen molar-refractivity contribution >= 4 is 29.8 Å². The van der Waals surface area contributed by atoms with Crippen LogP contribution in [0.5, 0.6) is 0 Å². The van der Waals surface area contributed by atoms with Crippen molar-refractivity contribution in [3.63, 3.8) is 0 Å². The lowest BCUT2D eigenvalue weighted by Crippen LogP contribution is -2.50. The molecule has 2 rings (SSSR count). The van der Waals surface area contributed by atoms with E-state index < -0.39 is 17.8 Å². The van der Waals surface area contributed by atoms with E-state index in [2.05, 4.69) is 26.0 Å². The van der Waals surface area contributed by atoms with Gasteiger partial charge in [0.05, 0.1) is 0 Å². The van der Waals surface area contributed by atoms with Gasteiger partial charge in [-0.1, -0.05) is 34.9 Å². The minimum absolute atomic E-state index is 0.0772. The Morgan fingerprint density at radius 1 is 1.21 bits per heavy atom. The van der Waals surface area contributed by atoms with E-state index >= 15 is 0 Å². The first-order valence-corrected chi connectivity index (χ1v) is 13.2. The number of alkyl carbamates (subject to hydrolysis) is 2. The van der Waals surface area contributed by atoms with E-state index in [0.29, 0.717) is 37.4 Å². The number of ether oxygens (including phenoxy) is 2. The van der Waals surface area contributed by atoms with Gasteiger partial charge in [0.2, 0.25) is 0 Å². The number of azide groups is 1. The van der Waals surface area contributed by atoms with Gasteiger partial charge in [0.25, 0.3) is 0 Å². The second-order valence-electron chi connectivity index (χ2n) is 10.0. The molecule has 1 fully saturated rings. The van der Waals surface area contributed by atoms with E-state index in [4.69, 9.17) is 26.6 Å². The molecule has 210 valence electrons. The van der Waals surface area contributed by atoms with E-state index in [0.717, 1.165) is 18.4 Å². The highest BCUT2D eigenvalue weighted by Gasteiger charge is 2.28. The Labute approximate surface area is 228 Å². The predicted molar refractivity (Wildman–Crippen MR) is 144 cm³/mol. The number of benzene rings is 1. The zero-order chi connectivity index (χ0) is 28.0. The van der Waals surface area contributed by atoms with Gasteiger partial charge in [-0.15, -0.1) is 0 Å². The van der Waals surface area contributed by atoms with Crippen molar-refractivity contribution in [2.75, 3.05) is 26.2 Å². The number of unbranched alkanes of at least 4 members (excludes halogenated alkanes) is 1. The highest BCUT2D eigenvalue weighted by Crippen LogP contribution is 2.18. The zero-order valence-electron chi connectivity index (χ0n) is 22.2. The summed E-state index contributed by atoms with van der Waals surface area (Å²) in [6, 6.07) is 6.37. The number of amides is 4. The predicted octanol–water partition coefficient (Wildman–Crippen LogP) is 5.11. The molecule has 1 aromatic rings. The normalized spacial score (nSPS) is 15.7. The van der Waals surface area contributed by atoms with E-state index in [-0.39, 0.29) is 37.8 Å². The second kappa shape index (κ2) is 15.8. The van der Waals surface area contributed by atoms with Crippen molar-refractivity contribution in [1.82, 2.24) is 20.9 Å². The zero-order valence-corrected chi connectivity index (χ0v) is 23.0. The number of carbonyl (C=O) groups is 3. The number of hydrogen-bond acceptors (Lipinski definition) is 6. The van der Waals surface area contributed by atoms with E-state index in [9.17, 15) is 14.4 Å². The Bertz CT molecular complexity index is 981. The first-order chi connectivity index (χ1) is 18.1. The quantitative estimate of drug-likeness (QED) is 0.142. The van der Waals surface area contributed by atoms with E-state index in [1.165, 1.54) is 0 Å². The van der Waals surface area contributed by atoms with E-state index in [1.807, 2.05) is 6.07 Å². The number of carbonyl (C=O) groups excluding carboxylic acids is 3. The van der Waals surface area contributed by atoms with Gasteiger partial charge in [0.1, 0.15) is 12.2 Å². The van der Waals surface area contributed by atoms with Crippen molar-refractivity contribution in [2.24, 2.45) is 5.11 Å². The monoisotopic (exact) mass is 551 g/mol. The van der Waals surface area contributed by atoms with Crippen molar-refractivity contribution < 1.29 is 23.9 Å². The van der Waals surface area contributed by atoms with Gasteiger partial charge >= 0.3 is 18.2 Å². The molecule has 12 nitrogen and oxygen atoms in total. The number of hydrogen-bond donors (Lipinski definition) is 3. The summed E-state index contributed by atoms with van der Waals surface area (Å²) in [7, 11) is 0. The molecule has 1 aliphatic rings. The molecule has 3 N–H and O–H groups in total. The molecule has 38 heavy (non-hydrogen) atoms. The Hall–Kier alpha value is -3.37. The van der Waals surface area contributed by atoms with Crippen LogP contribution < -0.4 is 16.0 Å². The van der Waals surface area contributed by atoms with Gasteiger partial charge in [-0.05, 0) is 64.5 Å². The maximum Gasteiger partial charge on any atom is 0.407 e. The molecule has 0 spiro atoms. The van der Waals surface area contributed by atoms with Crippen LogP contribution in [0, 0.1) is 0 Å². The van der Waals surface area contributed by atoms with Crippen molar-refractivity contribution in [3.05, 3.63) is 45.3 Å². The van der Waals surface area contributed by atoms with Crippen LogP contribution >= 0.6 is 11.6 Å². The van der Waals surface area contributed by atoms with Crippen LogP contribution in [0.15, 0.2) is 29.4 Å². The fraction of sp³-hybridized carbons (Fsp3) is 0.640.